The minimum atomic E-state index is 0.0195. The van der Waals surface area contributed by atoms with Gasteiger partial charge in [0.1, 0.15) is 11.7 Å². The molecule has 1 atom stereocenters. The number of esters is 1. The van der Waals surface area contributed by atoms with Crippen molar-refractivity contribution in [1.29, 1.82) is 0 Å². The number of hydrogen-bond donors (Lipinski definition) is 0. The van der Waals surface area contributed by atoms with Crippen molar-refractivity contribution in [2.45, 2.75) is 271 Å². The molecule has 0 bridgehead atoms. The van der Waals surface area contributed by atoms with E-state index in [-0.39, 0.29) is 11.9 Å². The molecule has 0 aromatic carbocycles. The van der Waals surface area contributed by atoms with E-state index in [9.17, 15) is 4.79 Å². The summed E-state index contributed by atoms with van der Waals surface area (Å²) >= 11 is 0. The second-order valence-electron chi connectivity index (χ2n) is 16.6. The average Bonchev–Trinajstić information content (AvgIpc) is 3.15. The Kier molecular flexibility index (Phi) is 38.3. The molecule has 0 amide bonds. The molecule has 52 heavy (non-hydrogen) atoms. The van der Waals surface area contributed by atoms with Gasteiger partial charge in [-0.05, 0) is 76.7 Å². The number of ether oxygens (including phenoxy) is 1. The molecule has 0 spiro atoms. The van der Waals surface area contributed by atoms with Gasteiger partial charge in [0.05, 0.1) is 0 Å². The highest BCUT2D eigenvalue weighted by Crippen LogP contribution is 2.32. The van der Waals surface area contributed by atoms with Crippen molar-refractivity contribution in [2.75, 3.05) is 0 Å². The van der Waals surface area contributed by atoms with Gasteiger partial charge in [0.15, 0.2) is 0 Å². The topological polar surface area (TPSA) is 26.3 Å². The Morgan fingerprint density at radius 2 is 0.635 bits per heavy atom. The smallest absolute Gasteiger partial charge is 0.321 e. The largest absolute Gasteiger partial charge is 0.430 e. The Balaban J connectivity index is 1.80. The standard InChI is InChI=1S/C50H92O2/c1-3-5-7-9-11-13-15-17-19-21-23-25-27-29-31-33-35-37-39-41-43-45-47-49-48(50(51)52-49)46-44-42-40-38-36-34-32-30-28-26-24-22-20-18-16-14-12-10-8-6-4-2/h17-20,47-48H,3-16,21-46H2,1-2H3/b19-17+,20-18+,49-47+. The fraction of sp³-hybridized carbons (Fsp3) is 0.860. The zero-order chi connectivity index (χ0) is 37.3. The molecule has 0 N–H and O–H groups in total. The van der Waals surface area contributed by atoms with Crippen LogP contribution in [0.3, 0.4) is 0 Å². The van der Waals surface area contributed by atoms with Gasteiger partial charge >= 0.3 is 5.97 Å². The number of cyclic esters (lactones) is 1. The predicted octanol–water partition coefficient (Wildman–Crippen LogP) is 17.8. The van der Waals surface area contributed by atoms with E-state index in [2.05, 4.69) is 44.2 Å². The molecule has 2 heteroatoms. The number of allylic oxidation sites excluding steroid dienone is 5. The number of carbonyl (C=O) groups excluding carboxylic acids is 1. The van der Waals surface area contributed by atoms with Crippen LogP contribution in [-0.4, -0.2) is 5.97 Å². The van der Waals surface area contributed by atoms with E-state index in [0.717, 1.165) is 18.6 Å². The van der Waals surface area contributed by atoms with Crippen LogP contribution in [0.15, 0.2) is 36.1 Å². The maximum atomic E-state index is 12.0. The van der Waals surface area contributed by atoms with Crippen molar-refractivity contribution in [3.8, 4) is 0 Å². The summed E-state index contributed by atoms with van der Waals surface area (Å²) in [5, 5.41) is 0. The Morgan fingerprint density at radius 3 is 0.942 bits per heavy atom. The summed E-state index contributed by atoms with van der Waals surface area (Å²) in [7, 11) is 0. The molecular weight excluding hydrogens is 633 g/mol. The van der Waals surface area contributed by atoms with Gasteiger partial charge < -0.3 is 4.74 Å². The summed E-state index contributed by atoms with van der Waals surface area (Å²) in [4.78, 5) is 12.0. The molecule has 1 heterocycles. The minimum absolute atomic E-state index is 0.0195. The third-order valence-corrected chi connectivity index (χ3v) is 11.4. The normalized spacial score (nSPS) is 15.4. The van der Waals surface area contributed by atoms with Crippen LogP contribution in [0, 0.1) is 5.92 Å². The molecule has 1 aliphatic heterocycles. The van der Waals surface area contributed by atoms with Crippen molar-refractivity contribution < 1.29 is 9.53 Å². The van der Waals surface area contributed by atoms with Crippen molar-refractivity contribution >= 4 is 5.97 Å². The first-order chi connectivity index (χ1) is 25.8. The lowest BCUT2D eigenvalue weighted by molar-refractivity contribution is -0.157. The highest BCUT2D eigenvalue weighted by molar-refractivity contribution is 5.82. The van der Waals surface area contributed by atoms with Crippen LogP contribution in [0.1, 0.15) is 271 Å². The molecule has 0 aliphatic carbocycles. The van der Waals surface area contributed by atoms with Gasteiger partial charge in [-0.1, -0.05) is 224 Å². The average molecular weight is 725 g/mol. The van der Waals surface area contributed by atoms with Crippen LogP contribution >= 0.6 is 0 Å². The third-order valence-electron chi connectivity index (χ3n) is 11.4. The Morgan fingerprint density at radius 1 is 0.365 bits per heavy atom. The Hall–Kier alpha value is -1.31. The zero-order valence-corrected chi connectivity index (χ0v) is 35.6. The van der Waals surface area contributed by atoms with Crippen LogP contribution < -0.4 is 0 Å². The van der Waals surface area contributed by atoms with Crippen LogP contribution in [-0.2, 0) is 9.53 Å². The summed E-state index contributed by atoms with van der Waals surface area (Å²) < 4.78 is 5.41. The number of carbonyl (C=O) groups is 1. The quantitative estimate of drug-likeness (QED) is 0.0356. The molecule has 0 radical (unpaired) electrons. The fourth-order valence-corrected chi connectivity index (χ4v) is 7.76. The van der Waals surface area contributed by atoms with E-state index >= 15 is 0 Å². The molecule has 2 nitrogen and oxygen atoms in total. The minimum Gasteiger partial charge on any atom is -0.430 e. The van der Waals surface area contributed by atoms with Gasteiger partial charge in [-0.3, -0.25) is 4.79 Å². The molecule has 1 unspecified atom stereocenters. The molecule has 0 aromatic rings. The van der Waals surface area contributed by atoms with Crippen LogP contribution in [0.5, 0.6) is 0 Å². The lowest BCUT2D eigenvalue weighted by Gasteiger charge is -2.28. The van der Waals surface area contributed by atoms with E-state index < -0.39 is 0 Å². The summed E-state index contributed by atoms with van der Waals surface area (Å²) in [6.45, 7) is 4.58. The van der Waals surface area contributed by atoms with Crippen molar-refractivity contribution in [1.82, 2.24) is 0 Å². The predicted molar refractivity (Wildman–Crippen MR) is 232 cm³/mol. The van der Waals surface area contributed by atoms with E-state index in [0.29, 0.717) is 0 Å². The van der Waals surface area contributed by atoms with E-state index in [1.54, 1.807) is 0 Å². The number of rotatable bonds is 42. The molecule has 1 rings (SSSR count). The van der Waals surface area contributed by atoms with E-state index in [1.165, 1.54) is 244 Å². The summed E-state index contributed by atoms with van der Waals surface area (Å²) in [6, 6.07) is 0. The van der Waals surface area contributed by atoms with Gasteiger partial charge in [-0.2, -0.15) is 0 Å². The lowest BCUT2D eigenvalue weighted by Crippen LogP contribution is -2.32. The van der Waals surface area contributed by atoms with Crippen LogP contribution in [0.4, 0.5) is 0 Å². The van der Waals surface area contributed by atoms with Gasteiger partial charge in [0.25, 0.3) is 0 Å². The fourth-order valence-electron chi connectivity index (χ4n) is 7.76. The van der Waals surface area contributed by atoms with Gasteiger partial charge in [-0.15, -0.1) is 0 Å². The maximum absolute atomic E-state index is 12.0. The van der Waals surface area contributed by atoms with Gasteiger partial charge in [-0.25, -0.2) is 0 Å². The van der Waals surface area contributed by atoms with Crippen molar-refractivity contribution in [3.63, 3.8) is 0 Å². The first-order valence-corrected chi connectivity index (χ1v) is 24.0. The molecule has 1 saturated heterocycles. The SMILES string of the molecule is CCCCCCCC/C=C/CCCCCCCCCCCCC/C=C1/OC(=O)C1CCCCCCCCCCCCC/C=C/CCCCCCCC. The highest BCUT2D eigenvalue weighted by Gasteiger charge is 2.36. The van der Waals surface area contributed by atoms with Gasteiger partial charge in [0.2, 0.25) is 0 Å². The van der Waals surface area contributed by atoms with Gasteiger partial charge in [0, 0.05) is 0 Å². The molecule has 0 saturated carbocycles. The number of hydrogen-bond acceptors (Lipinski definition) is 2. The van der Waals surface area contributed by atoms with Crippen LogP contribution in [0.2, 0.25) is 0 Å². The van der Waals surface area contributed by atoms with Crippen LogP contribution in [0.25, 0.3) is 0 Å². The Labute approximate surface area is 327 Å². The first kappa shape index (κ1) is 48.7. The molecule has 304 valence electrons. The summed E-state index contributed by atoms with van der Waals surface area (Å²) in [5.41, 5.74) is 0. The second kappa shape index (κ2) is 40.9. The first-order valence-electron chi connectivity index (χ1n) is 24.0. The summed E-state index contributed by atoms with van der Waals surface area (Å²) in [5.74, 6) is 1.08. The van der Waals surface area contributed by atoms with E-state index in [1.807, 2.05) is 0 Å². The molecule has 1 fully saturated rings. The van der Waals surface area contributed by atoms with E-state index in [4.69, 9.17) is 4.74 Å². The molecule has 0 aromatic heterocycles. The third kappa shape index (κ3) is 33.3. The molecular formula is C50H92O2. The highest BCUT2D eigenvalue weighted by atomic mass is 16.6. The molecule has 1 aliphatic rings. The van der Waals surface area contributed by atoms with Crippen molar-refractivity contribution in [2.24, 2.45) is 5.92 Å². The monoisotopic (exact) mass is 725 g/mol. The number of unbranched alkanes of at least 4 members (excludes halogenated alkanes) is 35. The lowest BCUT2D eigenvalue weighted by atomic mass is 9.93. The second-order valence-corrected chi connectivity index (χ2v) is 16.6. The van der Waals surface area contributed by atoms with Crippen molar-refractivity contribution in [3.05, 3.63) is 36.1 Å². The Bertz CT molecular complexity index is 822. The maximum Gasteiger partial charge on any atom is 0.321 e. The zero-order valence-electron chi connectivity index (χ0n) is 35.6. The summed E-state index contributed by atoms with van der Waals surface area (Å²) in [6.07, 6.45) is 66.1.